The summed E-state index contributed by atoms with van der Waals surface area (Å²) in [6.07, 6.45) is 0. The molecule has 0 aliphatic rings. The minimum atomic E-state index is 0.664. The number of para-hydroxylation sites is 2. The first kappa shape index (κ1) is 18.4. The molecule has 150 valence electrons. The Bertz CT molecular complexity index is 1420. The fraction of sp³-hybridized carbons (Fsp3) is 0.200. The third-order valence-electron chi connectivity index (χ3n) is 5.57. The molecule has 0 unspecified atom stereocenters. The van der Waals surface area contributed by atoms with E-state index < -0.39 is 0 Å². The molecular formula is C25H23N3O2. The van der Waals surface area contributed by atoms with Gasteiger partial charge in [0.25, 0.3) is 0 Å². The van der Waals surface area contributed by atoms with Crippen molar-refractivity contribution in [2.45, 2.75) is 20.4 Å². The van der Waals surface area contributed by atoms with E-state index in [1.807, 2.05) is 36.4 Å². The molecule has 30 heavy (non-hydrogen) atoms. The van der Waals surface area contributed by atoms with Gasteiger partial charge < -0.3 is 14.0 Å². The molecule has 0 aliphatic heterocycles. The Morgan fingerprint density at radius 3 is 2.30 bits per heavy atom. The zero-order chi connectivity index (χ0) is 20.8. The van der Waals surface area contributed by atoms with Crippen molar-refractivity contribution in [2.75, 3.05) is 14.2 Å². The number of aromatic nitrogens is 3. The Balaban J connectivity index is 1.80. The van der Waals surface area contributed by atoms with Gasteiger partial charge in [-0.2, -0.15) is 0 Å². The van der Waals surface area contributed by atoms with Gasteiger partial charge in [0, 0.05) is 11.9 Å². The van der Waals surface area contributed by atoms with Crippen LogP contribution in [-0.4, -0.2) is 28.8 Å². The van der Waals surface area contributed by atoms with Crippen molar-refractivity contribution in [1.29, 1.82) is 0 Å². The number of aryl methyl sites for hydroxylation is 2. The maximum atomic E-state index is 5.51. The monoisotopic (exact) mass is 397 g/mol. The predicted octanol–water partition coefficient (Wildman–Crippen LogP) is 5.42. The molecule has 5 aromatic rings. The number of methoxy groups -OCH3 is 2. The fourth-order valence-electron chi connectivity index (χ4n) is 4.28. The maximum absolute atomic E-state index is 5.51. The quantitative estimate of drug-likeness (QED) is 0.406. The fourth-order valence-corrected chi connectivity index (χ4v) is 4.28. The van der Waals surface area contributed by atoms with E-state index in [9.17, 15) is 0 Å². The summed E-state index contributed by atoms with van der Waals surface area (Å²) in [5.41, 5.74) is 8.37. The molecule has 3 aromatic carbocycles. The molecular weight excluding hydrogens is 374 g/mol. The van der Waals surface area contributed by atoms with Crippen LogP contribution in [0.5, 0.6) is 11.5 Å². The molecule has 0 saturated heterocycles. The number of rotatable bonds is 4. The molecule has 0 bridgehead atoms. The second kappa shape index (κ2) is 7.02. The summed E-state index contributed by atoms with van der Waals surface area (Å²) in [5.74, 6) is 1.45. The molecule has 0 N–H and O–H groups in total. The van der Waals surface area contributed by atoms with Gasteiger partial charge in [0.15, 0.2) is 17.1 Å². The van der Waals surface area contributed by atoms with Crippen LogP contribution in [0.25, 0.3) is 33.1 Å². The Morgan fingerprint density at radius 1 is 0.833 bits per heavy atom. The third-order valence-corrected chi connectivity index (χ3v) is 5.57. The van der Waals surface area contributed by atoms with Crippen molar-refractivity contribution in [3.8, 4) is 11.5 Å². The van der Waals surface area contributed by atoms with E-state index in [1.54, 1.807) is 14.2 Å². The molecule has 5 nitrogen and oxygen atoms in total. The van der Waals surface area contributed by atoms with Gasteiger partial charge in [-0.1, -0.05) is 29.8 Å². The molecule has 0 saturated carbocycles. The Kier molecular flexibility index (Phi) is 4.31. The first-order valence-electron chi connectivity index (χ1n) is 9.96. The van der Waals surface area contributed by atoms with Gasteiger partial charge in [-0.15, -0.1) is 0 Å². The summed E-state index contributed by atoms with van der Waals surface area (Å²) >= 11 is 0. The molecule has 2 aromatic heterocycles. The van der Waals surface area contributed by atoms with E-state index in [4.69, 9.17) is 19.4 Å². The first-order chi connectivity index (χ1) is 14.6. The van der Waals surface area contributed by atoms with Crippen molar-refractivity contribution in [1.82, 2.24) is 14.5 Å². The molecule has 0 fully saturated rings. The van der Waals surface area contributed by atoms with Crippen LogP contribution in [0.3, 0.4) is 0 Å². The lowest BCUT2D eigenvalue weighted by Gasteiger charge is -2.12. The number of nitrogens with zero attached hydrogens (tertiary/aromatic N) is 3. The molecule has 0 radical (unpaired) electrons. The lowest BCUT2D eigenvalue weighted by molar-refractivity contribution is 0.354. The second-order valence-corrected chi connectivity index (χ2v) is 7.64. The van der Waals surface area contributed by atoms with Crippen LogP contribution in [0.1, 0.15) is 16.7 Å². The van der Waals surface area contributed by atoms with Gasteiger partial charge in [-0.25, -0.2) is 9.97 Å². The van der Waals surface area contributed by atoms with Crippen LogP contribution >= 0.6 is 0 Å². The first-order valence-corrected chi connectivity index (χ1v) is 9.96. The van der Waals surface area contributed by atoms with E-state index in [-0.39, 0.29) is 0 Å². The van der Waals surface area contributed by atoms with Crippen LogP contribution in [0, 0.1) is 13.8 Å². The van der Waals surface area contributed by atoms with Gasteiger partial charge in [0.2, 0.25) is 0 Å². The van der Waals surface area contributed by atoms with E-state index in [0.717, 1.165) is 44.6 Å². The summed E-state index contributed by atoms with van der Waals surface area (Å²) in [7, 11) is 3.31. The van der Waals surface area contributed by atoms with Crippen molar-refractivity contribution < 1.29 is 9.47 Å². The van der Waals surface area contributed by atoms with E-state index in [2.05, 4.69) is 36.6 Å². The number of ether oxygens (including phenoxy) is 2. The lowest BCUT2D eigenvalue weighted by Crippen LogP contribution is -2.03. The van der Waals surface area contributed by atoms with Crippen LogP contribution in [0.4, 0.5) is 0 Å². The highest BCUT2D eigenvalue weighted by Gasteiger charge is 2.17. The number of hydrogen-bond acceptors (Lipinski definition) is 4. The molecule has 0 amide bonds. The van der Waals surface area contributed by atoms with Gasteiger partial charge in [-0.05, 0) is 55.3 Å². The average Bonchev–Trinajstić information content (AvgIpc) is 3.04. The Morgan fingerprint density at radius 2 is 1.57 bits per heavy atom. The minimum Gasteiger partial charge on any atom is -0.493 e. The normalized spacial score (nSPS) is 11.5. The second-order valence-electron chi connectivity index (χ2n) is 7.64. The Hall–Kier alpha value is -3.60. The zero-order valence-electron chi connectivity index (χ0n) is 17.6. The van der Waals surface area contributed by atoms with Crippen molar-refractivity contribution in [2.24, 2.45) is 0 Å². The largest absolute Gasteiger partial charge is 0.493 e. The average molecular weight is 397 g/mol. The summed E-state index contributed by atoms with van der Waals surface area (Å²) in [6, 6.07) is 18.5. The summed E-state index contributed by atoms with van der Waals surface area (Å²) in [5, 5.41) is 1.14. The zero-order valence-corrected chi connectivity index (χ0v) is 17.6. The summed E-state index contributed by atoms with van der Waals surface area (Å²) in [4.78, 5) is 9.99. The molecule has 0 aliphatic carbocycles. The van der Waals surface area contributed by atoms with Crippen LogP contribution in [0.2, 0.25) is 0 Å². The molecule has 5 heteroatoms. The molecule has 5 rings (SSSR count). The topological polar surface area (TPSA) is 49.2 Å². The number of hydrogen-bond donors (Lipinski definition) is 0. The molecule has 0 atom stereocenters. The van der Waals surface area contributed by atoms with Crippen LogP contribution in [-0.2, 0) is 6.54 Å². The highest BCUT2D eigenvalue weighted by atomic mass is 16.5. The van der Waals surface area contributed by atoms with Gasteiger partial charge in [0.1, 0.15) is 5.52 Å². The number of benzene rings is 3. The SMILES string of the molecule is COc1ccc(Cn2c3nc4ccccc4nc3c3cc(C)cc(C)c32)cc1OC. The van der Waals surface area contributed by atoms with Crippen molar-refractivity contribution in [3.05, 3.63) is 71.3 Å². The van der Waals surface area contributed by atoms with Crippen molar-refractivity contribution in [3.63, 3.8) is 0 Å². The van der Waals surface area contributed by atoms with E-state index >= 15 is 0 Å². The van der Waals surface area contributed by atoms with Crippen LogP contribution in [0.15, 0.2) is 54.6 Å². The van der Waals surface area contributed by atoms with Gasteiger partial charge >= 0.3 is 0 Å². The van der Waals surface area contributed by atoms with Gasteiger partial charge in [0.05, 0.1) is 30.8 Å². The Labute approximate surface area is 174 Å². The minimum absolute atomic E-state index is 0.664. The third kappa shape index (κ3) is 2.86. The molecule has 2 heterocycles. The number of fused-ring (bicyclic) bond motifs is 4. The van der Waals surface area contributed by atoms with E-state index in [1.165, 1.54) is 16.6 Å². The highest BCUT2D eigenvalue weighted by molar-refractivity contribution is 6.07. The maximum Gasteiger partial charge on any atom is 0.161 e. The van der Waals surface area contributed by atoms with Crippen LogP contribution < -0.4 is 9.47 Å². The summed E-state index contributed by atoms with van der Waals surface area (Å²) in [6.45, 7) is 4.94. The van der Waals surface area contributed by atoms with Crippen molar-refractivity contribution >= 4 is 33.1 Å². The smallest absolute Gasteiger partial charge is 0.161 e. The molecule has 0 spiro atoms. The standard InChI is InChI=1S/C25H23N3O2/c1-15-11-16(2)24-18(12-15)23-25(27-20-8-6-5-7-19(20)26-23)28(24)14-17-9-10-21(29-3)22(13-17)30-4/h5-13H,14H2,1-4H3. The van der Waals surface area contributed by atoms with E-state index in [0.29, 0.717) is 6.54 Å². The highest BCUT2D eigenvalue weighted by Crippen LogP contribution is 2.33. The summed E-state index contributed by atoms with van der Waals surface area (Å²) < 4.78 is 13.2. The van der Waals surface area contributed by atoms with Gasteiger partial charge in [-0.3, -0.25) is 0 Å². The predicted molar refractivity (Wildman–Crippen MR) is 121 cm³/mol. The lowest BCUT2D eigenvalue weighted by atomic mass is 10.1.